The third-order valence-corrected chi connectivity index (χ3v) is 5.58. The molecule has 0 fully saturated rings. The van der Waals surface area contributed by atoms with Crippen molar-refractivity contribution in [1.82, 2.24) is 0 Å². The smallest absolute Gasteiger partial charge is 0.135 e. The maximum atomic E-state index is 6.20. The monoisotopic (exact) mass is 290 g/mol. The van der Waals surface area contributed by atoms with Gasteiger partial charge in [-0.3, -0.25) is 0 Å². The lowest BCUT2D eigenvalue weighted by Crippen LogP contribution is -2.08. The molecule has 0 amide bonds. The highest BCUT2D eigenvalue weighted by Crippen LogP contribution is 2.34. The molecule has 0 unspecified atom stereocenters. The van der Waals surface area contributed by atoms with Crippen LogP contribution in [0.5, 0.6) is 11.5 Å². The summed E-state index contributed by atoms with van der Waals surface area (Å²) in [7, 11) is -0.314. The fraction of sp³-hybridized carbons (Fsp3) is 0.250. The molecule has 3 heteroatoms. The summed E-state index contributed by atoms with van der Waals surface area (Å²) in [6, 6.07) is 16.7. The minimum absolute atomic E-state index is 0.157. The van der Waals surface area contributed by atoms with Gasteiger partial charge in [0.15, 0.2) is 0 Å². The van der Waals surface area contributed by atoms with Crippen molar-refractivity contribution >= 4 is 26.5 Å². The van der Waals surface area contributed by atoms with Gasteiger partial charge in [0.2, 0.25) is 0 Å². The molecule has 0 aliphatic heterocycles. The van der Waals surface area contributed by atoms with Gasteiger partial charge in [0, 0.05) is 10.6 Å². The molecule has 0 radical (unpaired) electrons. The zero-order chi connectivity index (χ0) is 13.8. The van der Waals surface area contributed by atoms with Crippen LogP contribution in [0.1, 0.15) is 0 Å². The molecule has 19 heavy (non-hydrogen) atoms. The molecule has 0 N–H and O–H groups in total. The highest BCUT2D eigenvalue weighted by molar-refractivity contribution is 7.64. The fourth-order valence-electron chi connectivity index (χ4n) is 1.94. The Labute approximate surface area is 118 Å². The Morgan fingerprint density at radius 2 is 1.00 bits per heavy atom. The SMILES string of the molecule is CP(C)c1ccccc1Oc1ccccc1P(C)C. The van der Waals surface area contributed by atoms with Crippen molar-refractivity contribution in [3.8, 4) is 11.5 Å². The number of hydrogen-bond donors (Lipinski definition) is 0. The largest absolute Gasteiger partial charge is 0.456 e. The first kappa shape index (κ1) is 14.5. The lowest BCUT2D eigenvalue weighted by atomic mass is 10.3. The summed E-state index contributed by atoms with van der Waals surface area (Å²) in [5, 5.41) is 2.65. The molecule has 2 aromatic rings. The van der Waals surface area contributed by atoms with E-state index < -0.39 is 0 Å². The fourth-order valence-corrected chi connectivity index (χ4v) is 3.83. The Bertz CT molecular complexity index is 500. The number of para-hydroxylation sites is 2. The quantitative estimate of drug-likeness (QED) is 0.766. The van der Waals surface area contributed by atoms with Gasteiger partial charge in [0.1, 0.15) is 11.5 Å². The Kier molecular flexibility index (Phi) is 4.97. The molecule has 2 aromatic carbocycles. The number of benzene rings is 2. The van der Waals surface area contributed by atoms with E-state index in [9.17, 15) is 0 Å². The molecule has 0 atom stereocenters. The average molecular weight is 290 g/mol. The molecule has 0 heterocycles. The highest BCUT2D eigenvalue weighted by Gasteiger charge is 2.11. The predicted molar refractivity (Wildman–Crippen MR) is 89.8 cm³/mol. The van der Waals surface area contributed by atoms with Gasteiger partial charge in [0.25, 0.3) is 0 Å². The van der Waals surface area contributed by atoms with Crippen LogP contribution in [0.2, 0.25) is 0 Å². The topological polar surface area (TPSA) is 9.23 Å². The van der Waals surface area contributed by atoms with Crippen molar-refractivity contribution in [3.63, 3.8) is 0 Å². The number of hydrogen-bond acceptors (Lipinski definition) is 1. The number of rotatable bonds is 4. The molecular weight excluding hydrogens is 270 g/mol. The van der Waals surface area contributed by atoms with Crippen molar-refractivity contribution in [2.75, 3.05) is 26.7 Å². The highest BCUT2D eigenvalue weighted by atomic mass is 31.1. The van der Waals surface area contributed by atoms with Crippen molar-refractivity contribution in [2.24, 2.45) is 0 Å². The average Bonchev–Trinajstić information content (AvgIpc) is 2.39. The van der Waals surface area contributed by atoms with E-state index in [0.717, 1.165) is 11.5 Å². The molecule has 0 spiro atoms. The first-order valence-corrected chi connectivity index (χ1v) is 10.8. The van der Waals surface area contributed by atoms with Crippen LogP contribution in [0.15, 0.2) is 48.5 Å². The third-order valence-electron chi connectivity index (χ3n) is 2.91. The Morgan fingerprint density at radius 1 is 0.632 bits per heavy atom. The normalized spacial score (nSPS) is 11.1. The van der Waals surface area contributed by atoms with Gasteiger partial charge in [0.05, 0.1) is 0 Å². The van der Waals surface area contributed by atoms with E-state index in [4.69, 9.17) is 4.74 Å². The summed E-state index contributed by atoms with van der Waals surface area (Å²) in [5.41, 5.74) is 0. The lowest BCUT2D eigenvalue weighted by Gasteiger charge is -2.17. The van der Waals surface area contributed by atoms with Crippen LogP contribution in [0.4, 0.5) is 0 Å². The summed E-state index contributed by atoms with van der Waals surface area (Å²) in [6.45, 7) is 9.04. The summed E-state index contributed by atoms with van der Waals surface area (Å²) in [6.07, 6.45) is 0. The maximum Gasteiger partial charge on any atom is 0.135 e. The van der Waals surface area contributed by atoms with Gasteiger partial charge in [-0.15, -0.1) is 0 Å². The summed E-state index contributed by atoms with van der Waals surface area (Å²) in [4.78, 5) is 0. The maximum absolute atomic E-state index is 6.20. The Hall–Kier alpha value is -0.900. The Morgan fingerprint density at radius 3 is 1.37 bits per heavy atom. The van der Waals surface area contributed by atoms with Crippen molar-refractivity contribution < 1.29 is 4.74 Å². The van der Waals surface area contributed by atoms with E-state index in [1.165, 1.54) is 10.6 Å². The van der Waals surface area contributed by atoms with Crippen LogP contribution in [-0.4, -0.2) is 26.7 Å². The van der Waals surface area contributed by atoms with Crippen LogP contribution in [0.3, 0.4) is 0 Å². The van der Waals surface area contributed by atoms with Gasteiger partial charge in [-0.2, -0.15) is 0 Å². The van der Waals surface area contributed by atoms with Crippen LogP contribution in [0.25, 0.3) is 0 Å². The second-order valence-corrected chi connectivity index (χ2v) is 9.37. The second kappa shape index (κ2) is 6.51. The molecule has 100 valence electrons. The van der Waals surface area contributed by atoms with E-state index in [1.54, 1.807) is 0 Å². The van der Waals surface area contributed by atoms with Gasteiger partial charge in [-0.1, -0.05) is 52.2 Å². The van der Waals surface area contributed by atoms with Gasteiger partial charge < -0.3 is 4.74 Å². The molecular formula is C16H20OP2. The first-order valence-electron chi connectivity index (χ1n) is 6.30. The van der Waals surface area contributed by atoms with Crippen LogP contribution in [-0.2, 0) is 0 Å². The molecule has 0 aliphatic carbocycles. The molecule has 2 rings (SSSR count). The standard InChI is InChI=1S/C16H20OP2/c1-18(2)15-11-7-5-9-13(15)17-14-10-6-8-12-16(14)19(3)4/h5-12H,1-4H3. The van der Waals surface area contributed by atoms with E-state index in [0.29, 0.717) is 0 Å². The number of ether oxygens (including phenoxy) is 1. The predicted octanol–water partition coefficient (Wildman–Crippen LogP) is 4.21. The molecule has 0 aliphatic rings. The lowest BCUT2D eigenvalue weighted by molar-refractivity contribution is 0.490. The Balaban J connectivity index is 2.37. The van der Waals surface area contributed by atoms with Crippen LogP contribution in [0, 0.1) is 0 Å². The first-order chi connectivity index (χ1) is 9.09. The molecule has 0 saturated carbocycles. The summed E-state index contributed by atoms with van der Waals surface area (Å²) >= 11 is 0. The van der Waals surface area contributed by atoms with Crippen molar-refractivity contribution in [3.05, 3.63) is 48.5 Å². The van der Waals surface area contributed by atoms with Gasteiger partial charge >= 0.3 is 0 Å². The minimum atomic E-state index is -0.157. The van der Waals surface area contributed by atoms with E-state index in [2.05, 4.69) is 63.1 Å². The molecule has 0 saturated heterocycles. The molecule has 0 bridgehead atoms. The zero-order valence-electron chi connectivity index (χ0n) is 11.9. The van der Waals surface area contributed by atoms with Gasteiger partial charge in [-0.05, 0) is 38.8 Å². The van der Waals surface area contributed by atoms with Crippen molar-refractivity contribution in [1.29, 1.82) is 0 Å². The van der Waals surface area contributed by atoms with E-state index in [-0.39, 0.29) is 15.8 Å². The van der Waals surface area contributed by atoms with Crippen molar-refractivity contribution in [2.45, 2.75) is 0 Å². The summed E-state index contributed by atoms with van der Waals surface area (Å²) in [5.74, 6) is 2.01. The molecule has 0 aromatic heterocycles. The molecule has 1 nitrogen and oxygen atoms in total. The van der Waals surface area contributed by atoms with E-state index >= 15 is 0 Å². The van der Waals surface area contributed by atoms with Crippen LogP contribution < -0.4 is 15.3 Å². The zero-order valence-corrected chi connectivity index (χ0v) is 13.7. The van der Waals surface area contributed by atoms with Crippen LogP contribution >= 0.6 is 15.8 Å². The van der Waals surface area contributed by atoms with Gasteiger partial charge in [-0.25, -0.2) is 0 Å². The summed E-state index contributed by atoms with van der Waals surface area (Å²) < 4.78 is 6.20. The second-order valence-electron chi connectivity index (χ2n) is 4.83. The van der Waals surface area contributed by atoms with E-state index in [1.807, 2.05) is 12.1 Å². The third kappa shape index (κ3) is 3.56. The minimum Gasteiger partial charge on any atom is -0.456 e.